The lowest BCUT2D eigenvalue weighted by molar-refractivity contribution is -0.128. The van der Waals surface area contributed by atoms with Crippen LogP contribution >= 0.6 is 11.6 Å². The van der Waals surface area contributed by atoms with E-state index < -0.39 is 6.10 Å². The van der Waals surface area contributed by atoms with E-state index in [9.17, 15) is 9.59 Å². The van der Waals surface area contributed by atoms with Crippen LogP contribution in [0, 0.1) is 0 Å². The lowest BCUT2D eigenvalue weighted by Gasteiger charge is -2.34. The molecule has 0 saturated heterocycles. The largest absolute Gasteiger partial charge is 0.477 e. The van der Waals surface area contributed by atoms with Crippen molar-refractivity contribution in [2.45, 2.75) is 38.8 Å². The van der Waals surface area contributed by atoms with Crippen LogP contribution in [-0.4, -0.2) is 35.5 Å². The Morgan fingerprint density at radius 3 is 2.73 bits per heavy atom. The fraction of sp³-hybridized carbons (Fsp3) is 0.304. The van der Waals surface area contributed by atoms with Crippen molar-refractivity contribution in [3.05, 3.63) is 59.2 Å². The Kier molecular flexibility index (Phi) is 5.68. The number of rotatable bonds is 5. The molecule has 1 atom stereocenters. The molecule has 1 aliphatic rings. The maximum Gasteiger partial charge on any atom is 0.274 e. The Labute approximate surface area is 180 Å². The second-order valence-electron chi connectivity index (χ2n) is 7.43. The molecule has 2 N–H and O–H groups in total. The van der Waals surface area contributed by atoms with Crippen molar-refractivity contribution in [1.82, 2.24) is 10.3 Å². The molecule has 0 saturated carbocycles. The SMILES string of the molecule is CCC(CC)NC(=O)C1CN(C(=O)c2cc3ccc(Cl)cc3[nH]2)c2ccccc2O1. The Bertz CT molecular complexity index is 1090. The average Bonchev–Trinajstić information content (AvgIpc) is 3.19. The molecule has 6 nitrogen and oxygen atoms in total. The Hall–Kier alpha value is -2.99. The molecule has 1 aliphatic heterocycles. The topological polar surface area (TPSA) is 74.4 Å². The van der Waals surface area contributed by atoms with Gasteiger partial charge in [-0.15, -0.1) is 0 Å². The number of anilines is 1. The van der Waals surface area contributed by atoms with Gasteiger partial charge < -0.3 is 15.0 Å². The number of aromatic amines is 1. The fourth-order valence-electron chi connectivity index (χ4n) is 3.71. The molecule has 2 amide bonds. The Morgan fingerprint density at radius 2 is 1.97 bits per heavy atom. The van der Waals surface area contributed by atoms with Gasteiger partial charge >= 0.3 is 0 Å². The van der Waals surface area contributed by atoms with Crippen molar-refractivity contribution in [1.29, 1.82) is 0 Å². The summed E-state index contributed by atoms with van der Waals surface area (Å²) < 4.78 is 5.94. The highest BCUT2D eigenvalue weighted by Gasteiger charge is 2.35. The number of nitrogens with zero attached hydrogens (tertiary/aromatic N) is 1. The summed E-state index contributed by atoms with van der Waals surface area (Å²) in [6, 6.07) is 14.6. The van der Waals surface area contributed by atoms with Crippen LogP contribution in [-0.2, 0) is 4.79 Å². The number of halogens is 1. The average molecular weight is 426 g/mol. The van der Waals surface area contributed by atoms with E-state index in [2.05, 4.69) is 10.3 Å². The molecule has 0 fully saturated rings. The van der Waals surface area contributed by atoms with Gasteiger partial charge in [-0.25, -0.2) is 0 Å². The minimum Gasteiger partial charge on any atom is -0.477 e. The summed E-state index contributed by atoms with van der Waals surface area (Å²) in [6.07, 6.45) is 0.903. The highest BCUT2D eigenvalue weighted by atomic mass is 35.5. The third kappa shape index (κ3) is 3.87. The first-order valence-electron chi connectivity index (χ1n) is 10.2. The molecule has 2 aromatic carbocycles. The number of ether oxygens (including phenoxy) is 1. The van der Waals surface area contributed by atoms with Crippen molar-refractivity contribution in [2.75, 3.05) is 11.4 Å². The van der Waals surface area contributed by atoms with Crippen LogP contribution in [0.25, 0.3) is 10.9 Å². The van der Waals surface area contributed by atoms with Gasteiger partial charge in [-0.3, -0.25) is 14.5 Å². The molecule has 1 aromatic heterocycles. The Morgan fingerprint density at radius 1 is 1.20 bits per heavy atom. The van der Waals surface area contributed by atoms with Gasteiger partial charge in [-0.2, -0.15) is 0 Å². The molecule has 1 unspecified atom stereocenters. The number of amides is 2. The molecule has 4 rings (SSSR count). The van der Waals surface area contributed by atoms with Gasteiger partial charge in [0.2, 0.25) is 0 Å². The quantitative estimate of drug-likeness (QED) is 0.630. The van der Waals surface area contributed by atoms with Crippen LogP contribution in [0.2, 0.25) is 5.02 Å². The van der Waals surface area contributed by atoms with E-state index in [0.29, 0.717) is 22.2 Å². The maximum atomic E-state index is 13.4. The van der Waals surface area contributed by atoms with Crippen LogP contribution in [0.1, 0.15) is 37.2 Å². The number of benzene rings is 2. The van der Waals surface area contributed by atoms with E-state index in [1.54, 1.807) is 29.2 Å². The predicted molar refractivity (Wildman–Crippen MR) is 118 cm³/mol. The number of aromatic nitrogens is 1. The summed E-state index contributed by atoms with van der Waals surface area (Å²) in [5.41, 5.74) is 1.87. The van der Waals surface area contributed by atoms with Gasteiger partial charge in [0, 0.05) is 22.0 Å². The summed E-state index contributed by atoms with van der Waals surface area (Å²) in [5, 5.41) is 4.51. The van der Waals surface area contributed by atoms with E-state index >= 15 is 0 Å². The zero-order valence-electron chi connectivity index (χ0n) is 16.9. The van der Waals surface area contributed by atoms with Gasteiger partial charge in [0.15, 0.2) is 6.10 Å². The number of carbonyl (C=O) groups is 2. The predicted octanol–water partition coefficient (Wildman–Crippen LogP) is 4.53. The van der Waals surface area contributed by atoms with Crippen molar-refractivity contribution < 1.29 is 14.3 Å². The van der Waals surface area contributed by atoms with Crippen LogP contribution in [0.15, 0.2) is 48.5 Å². The van der Waals surface area contributed by atoms with Crippen molar-refractivity contribution in [3.63, 3.8) is 0 Å². The number of para-hydroxylation sites is 2. The van der Waals surface area contributed by atoms with Gasteiger partial charge in [0.25, 0.3) is 11.8 Å². The van der Waals surface area contributed by atoms with E-state index in [1.165, 1.54) is 0 Å². The van der Waals surface area contributed by atoms with Crippen LogP contribution in [0.4, 0.5) is 5.69 Å². The van der Waals surface area contributed by atoms with E-state index in [4.69, 9.17) is 16.3 Å². The summed E-state index contributed by atoms with van der Waals surface area (Å²) in [6.45, 7) is 4.20. The second kappa shape index (κ2) is 8.40. The highest BCUT2D eigenvalue weighted by Crippen LogP contribution is 2.34. The van der Waals surface area contributed by atoms with E-state index in [-0.39, 0.29) is 24.4 Å². The van der Waals surface area contributed by atoms with Crippen molar-refractivity contribution in [3.8, 4) is 5.75 Å². The summed E-state index contributed by atoms with van der Waals surface area (Å²) in [5.74, 6) is 0.0822. The molecular weight excluding hydrogens is 402 g/mol. The zero-order chi connectivity index (χ0) is 21.3. The number of fused-ring (bicyclic) bond motifs is 2. The summed E-state index contributed by atoms with van der Waals surface area (Å²) in [7, 11) is 0. The molecule has 0 radical (unpaired) electrons. The molecule has 0 spiro atoms. The van der Waals surface area contributed by atoms with Gasteiger partial charge in [-0.1, -0.05) is 43.6 Å². The molecule has 3 aromatic rings. The van der Waals surface area contributed by atoms with Crippen molar-refractivity contribution >= 4 is 40.0 Å². The molecule has 156 valence electrons. The number of H-pyrrole nitrogens is 1. The third-order valence-electron chi connectivity index (χ3n) is 5.46. The minimum absolute atomic E-state index is 0.0841. The monoisotopic (exact) mass is 425 g/mol. The first-order valence-corrected chi connectivity index (χ1v) is 10.5. The lowest BCUT2D eigenvalue weighted by Crippen LogP contribution is -2.52. The zero-order valence-corrected chi connectivity index (χ0v) is 17.7. The number of carbonyl (C=O) groups excluding carboxylic acids is 2. The molecular formula is C23H24ClN3O3. The van der Waals surface area contributed by atoms with Gasteiger partial charge in [0.1, 0.15) is 11.4 Å². The molecule has 0 aliphatic carbocycles. The number of hydrogen-bond donors (Lipinski definition) is 2. The lowest BCUT2D eigenvalue weighted by atomic mass is 10.1. The van der Waals surface area contributed by atoms with Crippen LogP contribution in [0.5, 0.6) is 5.75 Å². The van der Waals surface area contributed by atoms with Gasteiger partial charge in [0.05, 0.1) is 12.2 Å². The molecule has 30 heavy (non-hydrogen) atoms. The highest BCUT2D eigenvalue weighted by molar-refractivity contribution is 6.31. The smallest absolute Gasteiger partial charge is 0.274 e. The first-order chi connectivity index (χ1) is 14.5. The Balaban J connectivity index is 1.64. The first kappa shape index (κ1) is 20.3. The van der Waals surface area contributed by atoms with Crippen LogP contribution in [0.3, 0.4) is 0 Å². The maximum absolute atomic E-state index is 13.4. The van der Waals surface area contributed by atoms with Gasteiger partial charge in [-0.05, 0) is 43.2 Å². The fourth-order valence-corrected chi connectivity index (χ4v) is 3.88. The molecule has 0 bridgehead atoms. The summed E-state index contributed by atoms with van der Waals surface area (Å²) in [4.78, 5) is 31.0. The number of nitrogens with one attached hydrogen (secondary N) is 2. The minimum atomic E-state index is -0.775. The van der Waals surface area contributed by atoms with E-state index in [0.717, 1.165) is 23.7 Å². The van der Waals surface area contributed by atoms with Crippen LogP contribution < -0.4 is 15.0 Å². The second-order valence-corrected chi connectivity index (χ2v) is 7.86. The molecule has 2 heterocycles. The number of hydrogen-bond acceptors (Lipinski definition) is 3. The van der Waals surface area contributed by atoms with E-state index in [1.807, 2.05) is 38.1 Å². The summed E-state index contributed by atoms with van der Waals surface area (Å²) >= 11 is 6.07. The third-order valence-corrected chi connectivity index (χ3v) is 5.69. The normalized spacial score (nSPS) is 15.7. The standard InChI is InChI=1S/C23H24ClN3O3/c1-3-16(4-2)25-22(28)21-13-27(19-7-5-6-8-20(19)30-21)23(29)18-11-14-9-10-15(24)12-17(14)26-18/h5-12,16,21,26H,3-4,13H2,1-2H3,(H,25,28). The van der Waals surface area contributed by atoms with Crippen molar-refractivity contribution in [2.24, 2.45) is 0 Å². The molecule has 7 heteroatoms.